The number of hydrogen-bond acceptors (Lipinski definition) is 4. The Bertz CT molecular complexity index is 627. The molecule has 0 aliphatic carbocycles. The summed E-state index contributed by atoms with van der Waals surface area (Å²) >= 11 is 0. The summed E-state index contributed by atoms with van der Waals surface area (Å²) in [5.74, 6) is -0.528. The monoisotopic (exact) mass is 284 g/mol. The van der Waals surface area contributed by atoms with Crippen LogP contribution in [0.15, 0.2) is 42.6 Å². The first kappa shape index (κ1) is 15.0. The molecule has 0 radical (unpaired) electrons. The number of carbonyl (C=O) groups excluding carboxylic acids is 1. The van der Waals surface area contributed by atoms with Gasteiger partial charge in [-0.3, -0.25) is 9.78 Å². The molecule has 4 N–H and O–H groups in total. The fourth-order valence-corrected chi connectivity index (χ4v) is 2.17. The lowest BCUT2D eigenvalue weighted by molar-refractivity contribution is 0.0995. The summed E-state index contributed by atoms with van der Waals surface area (Å²) in [4.78, 5) is 17.4. The van der Waals surface area contributed by atoms with E-state index >= 15 is 0 Å². The second kappa shape index (κ2) is 6.85. The Labute approximate surface area is 124 Å². The zero-order valence-corrected chi connectivity index (χ0v) is 12.1. The predicted octanol–water partition coefficient (Wildman–Crippen LogP) is 1.98. The average molecular weight is 284 g/mol. The Hall–Kier alpha value is -2.40. The van der Waals surface area contributed by atoms with Gasteiger partial charge in [0.15, 0.2) is 0 Å². The lowest BCUT2D eigenvalue weighted by Gasteiger charge is -2.25. The maximum absolute atomic E-state index is 11.3. The fourth-order valence-electron chi connectivity index (χ4n) is 2.17. The summed E-state index contributed by atoms with van der Waals surface area (Å²) in [5, 5.41) is 0. The van der Waals surface area contributed by atoms with E-state index in [9.17, 15) is 4.79 Å². The third-order valence-electron chi connectivity index (χ3n) is 3.21. The number of rotatable bonds is 6. The van der Waals surface area contributed by atoms with E-state index < -0.39 is 5.91 Å². The van der Waals surface area contributed by atoms with Crippen molar-refractivity contribution in [2.75, 3.05) is 18.0 Å². The number of aromatic nitrogens is 1. The number of amides is 1. The standard InChI is InChI=1S/C16H20N4O/c1-12-4-2-5-13(10-12)20(9-3-7-17)14-6-8-19-15(11-14)16(18)21/h2,4-6,8,10-11H,3,7,9,17H2,1H3,(H2,18,21). The second-order valence-electron chi connectivity index (χ2n) is 4.90. The van der Waals surface area contributed by atoms with Crippen molar-refractivity contribution < 1.29 is 4.79 Å². The van der Waals surface area contributed by atoms with E-state index in [0.29, 0.717) is 6.54 Å². The van der Waals surface area contributed by atoms with E-state index in [1.54, 1.807) is 12.3 Å². The van der Waals surface area contributed by atoms with Gasteiger partial charge in [-0.25, -0.2) is 0 Å². The van der Waals surface area contributed by atoms with Crippen LogP contribution in [0, 0.1) is 6.92 Å². The minimum atomic E-state index is -0.528. The first-order valence-electron chi connectivity index (χ1n) is 6.92. The molecule has 110 valence electrons. The number of benzene rings is 1. The van der Waals surface area contributed by atoms with E-state index in [-0.39, 0.29) is 5.69 Å². The van der Waals surface area contributed by atoms with Crippen LogP contribution < -0.4 is 16.4 Å². The summed E-state index contributed by atoms with van der Waals surface area (Å²) in [7, 11) is 0. The van der Waals surface area contributed by atoms with Crippen LogP contribution in [-0.4, -0.2) is 24.0 Å². The van der Waals surface area contributed by atoms with Crippen LogP contribution in [0.3, 0.4) is 0 Å². The van der Waals surface area contributed by atoms with Crippen molar-refractivity contribution in [3.63, 3.8) is 0 Å². The maximum Gasteiger partial charge on any atom is 0.267 e. The van der Waals surface area contributed by atoms with Gasteiger partial charge in [-0.05, 0) is 49.7 Å². The van der Waals surface area contributed by atoms with E-state index in [1.165, 1.54) is 5.56 Å². The zero-order valence-electron chi connectivity index (χ0n) is 12.1. The van der Waals surface area contributed by atoms with Crippen molar-refractivity contribution in [1.29, 1.82) is 0 Å². The van der Waals surface area contributed by atoms with Crippen molar-refractivity contribution >= 4 is 17.3 Å². The molecule has 0 bridgehead atoms. The van der Waals surface area contributed by atoms with E-state index in [4.69, 9.17) is 11.5 Å². The van der Waals surface area contributed by atoms with Gasteiger partial charge in [-0.2, -0.15) is 0 Å². The molecule has 1 heterocycles. The first-order valence-corrected chi connectivity index (χ1v) is 6.92. The predicted molar refractivity (Wildman–Crippen MR) is 84.6 cm³/mol. The van der Waals surface area contributed by atoms with Crippen LogP contribution in [0.25, 0.3) is 0 Å². The number of hydrogen-bond donors (Lipinski definition) is 2. The number of primary amides is 1. The maximum atomic E-state index is 11.3. The van der Waals surface area contributed by atoms with Gasteiger partial charge in [0.1, 0.15) is 5.69 Å². The van der Waals surface area contributed by atoms with Crippen molar-refractivity contribution in [1.82, 2.24) is 4.98 Å². The molecule has 0 atom stereocenters. The molecule has 21 heavy (non-hydrogen) atoms. The molecular formula is C16H20N4O. The van der Waals surface area contributed by atoms with Crippen LogP contribution in [0.2, 0.25) is 0 Å². The molecule has 1 amide bonds. The van der Waals surface area contributed by atoms with Gasteiger partial charge >= 0.3 is 0 Å². The van der Waals surface area contributed by atoms with Gasteiger partial charge in [0.2, 0.25) is 0 Å². The summed E-state index contributed by atoms with van der Waals surface area (Å²) < 4.78 is 0. The van der Waals surface area contributed by atoms with Gasteiger partial charge in [-0.15, -0.1) is 0 Å². The van der Waals surface area contributed by atoms with Crippen LogP contribution >= 0.6 is 0 Å². The highest BCUT2D eigenvalue weighted by Crippen LogP contribution is 2.26. The molecule has 0 spiro atoms. The summed E-state index contributed by atoms with van der Waals surface area (Å²) in [6.07, 6.45) is 2.45. The number of aryl methyl sites for hydroxylation is 1. The summed E-state index contributed by atoms with van der Waals surface area (Å²) in [5.41, 5.74) is 14.3. The molecule has 0 aliphatic heterocycles. The third kappa shape index (κ3) is 3.79. The van der Waals surface area contributed by atoms with Crippen LogP contribution in [0.4, 0.5) is 11.4 Å². The highest BCUT2D eigenvalue weighted by atomic mass is 16.1. The summed E-state index contributed by atoms with van der Waals surface area (Å²) in [6, 6.07) is 11.8. The smallest absolute Gasteiger partial charge is 0.267 e. The zero-order chi connectivity index (χ0) is 15.2. The van der Waals surface area contributed by atoms with Crippen LogP contribution in [0.1, 0.15) is 22.5 Å². The van der Waals surface area contributed by atoms with Gasteiger partial charge in [-0.1, -0.05) is 12.1 Å². The number of anilines is 2. The molecule has 5 nitrogen and oxygen atoms in total. The molecule has 2 aromatic rings. The number of nitrogens with two attached hydrogens (primary N) is 2. The van der Waals surface area contributed by atoms with Gasteiger partial charge in [0.25, 0.3) is 5.91 Å². The first-order chi connectivity index (χ1) is 10.1. The third-order valence-corrected chi connectivity index (χ3v) is 3.21. The van der Waals surface area contributed by atoms with Gasteiger partial charge < -0.3 is 16.4 Å². The van der Waals surface area contributed by atoms with E-state index in [0.717, 1.165) is 24.3 Å². The largest absolute Gasteiger partial charge is 0.364 e. The quantitative estimate of drug-likeness (QED) is 0.849. The average Bonchev–Trinajstić information content (AvgIpc) is 2.48. The molecule has 0 unspecified atom stereocenters. The number of pyridine rings is 1. The minimum absolute atomic E-state index is 0.262. The van der Waals surface area contributed by atoms with Crippen molar-refractivity contribution in [3.05, 3.63) is 53.9 Å². The lowest BCUT2D eigenvalue weighted by Crippen LogP contribution is -2.22. The molecule has 0 fully saturated rings. The van der Waals surface area contributed by atoms with E-state index in [2.05, 4.69) is 16.0 Å². The normalized spacial score (nSPS) is 10.4. The van der Waals surface area contributed by atoms with Crippen molar-refractivity contribution in [3.8, 4) is 0 Å². The Kier molecular flexibility index (Phi) is 4.90. The highest BCUT2D eigenvalue weighted by molar-refractivity contribution is 5.91. The molecule has 0 aliphatic rings. The second-order valence-corrected chi connectivity index (χ2v) is 4.90. The topological polar surface area (TPSA) is 85.2 Å². The molecule has 5 heteroatoms. The number of carbonyl (C=O) groups is 1. The van der Waals surface area contributed by atoms with Gasteiger partial charge in [0, 0.05) is 24.1 Å². The van der Waals surface area contributed by atoms with Gasteiger partial charge in [0.05, 0.1) is 0 Å². The molecule has 0 saturated carbocycles. The van der Waals surface area contributed by atoms with E-state index in [1.807, 2.05) is 31.2 Å². The van der Waals surface area contributed by atoms with Crippen molar-refractivity contribution in [2.24, 2.45) is 11.5 Å². The Morgan fingerprint density at radius 2 is 2.00 bits per heavy atom. The molecule has 1 aromatic heterocycles. The lowest BCUT2D eigenvalue weighted by atomic mass is 10.1. The Morgan fingerprint density at radius 1 is 1.24 bits per heavy atom. The van der Waals surface area contributed by atoms with Crippen molar-refractivity contribution in [2.45, 2.75) is 13.3 Å². The highest BCUT2D eigenvalue weighted by Gasteiger charge is 2.11. The molecule has 0 saturated heterocycles. The Morgan fingerprint density at radius 3 is 2.67 bits per heavy atom. The fraction of sp³-hybridized carbons (Fsp3) is 0.250. The van der Waals surface area contributed by atoms with Crippen LogP contribution in [-0.2, 0) is 0 Å². The van der Waals surface area contributed by atoms with Crippen LogP contribution in [0.5, 0.6) is 0 Å². The SMILES string of the molecule is Cc1cccc(N(CCCN)c2ccnc(C(N)=O)c2)c1. The molecular weight excluding hydrogens is 264 g/mol. The minimum Gasteiger partial charge on any atom is -0.364 e. The number of nitrogens with zero attached hydrogens (tertiary/aromatic N) is 2. The Balaban J connectivity index is 2.40. The molecule has 2 rings (SSSR count). The summed E-state index contributed by atoms with van der Waals surface area (Å²) in [6.45, 7) is 3.42. The molecule has 1 aromatic carbocycles.